The van der Waals surface area contributed by atoms with Crippen LogP contribution in [0.25, 0.3) is 0 Å². The largest absolute Gasteiger partial charge is 0.573 e. The normalized spacial score (nSPS) is 12.1. The van der Waals surface area contributed by atoms with Crippen LogP contribution in [-0.2, 0) is 10.0 Å². The number of pyridine rings is 1. The fraction of sp³-hybridized carbons (Fsp3) is 0.286. The number of aromatic nitrogens is 1. The first kappa shape index (κ1) is 15.9. The Hall–Kier alpha value is -2.15. The van der Waals surface area contributed by atoms with Crippen LogP contribution >= 0.6 is 0 Å². The van der Waals surface area contributed by atoms with Gasteiger partial charge in [-0.1, -0.05) is 0 Å². The first-order valence-corrected chi connectivity index (χ1v) is 6.02. The lowest BCUT2D eigenvalue weighted by atomic mass is 10.4. The van der Waals surface area contributed by atoms with Crippen molar-refractivity contribution in [2.24, 2.45) is 5.14 Å². The molecule has 0 aliphatic rings. The third-order valence-electron chi connectivity index (χ3n) is 1.80. The molecular weight excluding hydrogens is 311 g/mol. The molecule has 112 valence electrons. The second kappa shape index (κ2) is 5.09. The quantitative estimate of drug-likeness (QED) is 0.632. The smallest absolute Gasteiger partial charge is 0.478 e. The van der Waals surface area contributed by atoms with Gasteiger partial charge in [-0.25, -0.2) is 13.6 Å². The predicted octanol–water partition coefficient (Wildman–Crippen LogP) is 0.544. The Morgan fingerprint density at radius 3 is 2.35 bits per heavy atom. The van der Waals surface area contributed by atoms with Crippen LogP contribution in [0, 0.1) is 10.1 Å². The first-order chi connectivity index (χ1) is 8.95. The van der Waals surface area contributed by atoms with E-state index < -0.39 is 43.7 Å². The lowest BCUT2D eigenvalue weighted by Crippen LogP contribution is -2.20. The highest BCUT2D eigenvalue weighted by Gasteiger charge is 2.38. The average molecular weight is 317 g/mol. The topological polar surface area (TPSA) is 135 Å². The van der Waals surface area contributed by atoms with Gasteiger partial charge in [-0.05, 0) is 0 Å². The van der Waals surface area contributed by atoms with Gasteiger partial charge >= 0.3 is 12.0 Å². The SMILES string of the molecule is COc1nc(S(N)(=O)=O)cc([N+](=O)[O-])c1OC(F)(F)F. The van der Waals surface area contributed by atoms with Gasteiger partial charge in [-0.3, -0.25) is 10.1 Å². The minimum atomic E-state index is -5.26. The van der Waals surface area contributed by atoms with E-state index in [1.807, 2.05) is 0 Å². The molecule has 0 aliphatic heterocycles. The summed E-state index contributed by atoms with van der Waals surface area (Å²) in [7, 11) is -3.66. The molecule has 0 bridgehead atoms. The summed E-state index contributed by atoms with van der Waals surface area (Å²) in [4.78, 5) is 12.5. The highest BCUT2D eigenvalue weighted by atomic mass is 32.2. The number of methoxy groups -OCH3 is 1. The Morgan fingerprint density at radius 2 is 2.00 bits per heavy atom. The van der Waals surface area contributed by atoms with Gasteiger partial charge in [-0.2, -0.15) is 4.98 Å². The molecule has 0 atom stereocenters. The maximum absolute atomic E-state index is 12.2. The number of hydrogen-bond donors (Lipinski definition) is 1. The molecule has 2 N–H and O–H groups in total. The van der Waals surface area contributed by atoms with E-state index in [0.717, 1.165) is 7.11 Å². The van der Waals surface area contributed by atoms with Crippen LogP contribution in [0.5, 0.6) is 11.6 Å². The van der Waals surface area contributed by atoms with Crippen LogP contribution in [0.2, 0.25) is 0 Å². The summed E-state index contributed by atoms with van der Waals surface area (Å²) in [6.07, 6.45) is -5.26. The molecule has 0 spiro atoms. The number of nitro groups is 1. The Morgan fingerprint density at radius 1 is 1.45 bits per heavy atom. The van der Waals surface area contributed by atoms with Crippen molar-refractivity contribution in [2.75, 3.05) is 7.11 Å². The van der Waals surface area contributed by atoms with E-state index in [0.29, 0.717) is 0 Å². The monoisotopic (exact) mass is 317 g/mol. The predicted molar refractivity (Wildman–Crippen MR) is 55.5 cm³/mol. The molecule has 0 saturated heterocycles. The zero-order chi connectivity index (χ0) is 15.7. The summed E-state index contributed by atoms with van der Waals surface area (Å²) >= 11 is 0. The summed E-state index contributed by atoms with van der Waals surface area (Å²) in [6, 6.07) is 0.235. The Kier molecular flexibility index (Phi) is 4.04. The maximum Gasteiger partial charge on any atom is 0.573 e. The van der Waals surface area contributed by atoms with Crippen molar-refractivity contribution in [1.29, 1.82) is 0 Å². The molecule has 1 aromatic heterocycles. The van der Waals surface area contributed by atoms with Crippen molar-refractivity contribution in [3.05, 3.63) is 16.2 Å². The van der Waals surface area contributed by atoms with Gasteiger partial charge in [0.25, 0.3) is 21.7 Å². The molecule has 1 rings (SSSR count). The number of rotatable bonds is 4. The van der Waals surface area contributed by atoms with Crippen LogP contribution < -0.4 is 14.6 Å². The summed E-state index contributed by atoms with van der Waals surface area (Å²) in [5.41, 5.74) is -1.31. The van der Waals surface area contributed by atoms with Gasteiger partial charge in [0, 0.05) is 0 Å². The summed E-state index contributed by atoms with van der Waals surface area (Å²) in [6.45, 7) is 0. The molecule has 13 heteroatoms. The summed E-state index contributed by atoms with van der Waals surface area (Å²) in [5, 5.41) is 14.4. The van der Waals surface area contributed by atoms with Crippen LogP contribution in [0.1, 0.15) is 0 Å². The number of nitrogens with zero attached hydrogens (tertiary/aromatic N) is 2. The molecule has 0 unspecified atom stereocenters. The van der Waals surface area contributed by atoms with E-state index in [4.69, 9.17) is 5.14 Å². The van der Waals surface area contributed by atoms with E-state index in [-0.39, 0.29) is 6.07 Å². The molecular formula is C7H6F3N3O6S. The zero-order valence-corrected chi connectivity index (χ0v) is 10.4. The van der Waals surface area contributed by atoms with E-state index in [9.17, 15) is 31.7 Å². The van der Waals surface area contributed by atoms with Crippen molar-refractivity contribution < 1.29 is 36.0 Å². The molecule has 1 aromatic rings. The second-order valence-electron chi connectivity index (χ2n) is 3.17. The Balaban J connectivity index is 3.61. The van der Waals surface area contributed by atoms with Crippen LogP contribution in [0.4, 0.5) is 18.9 Å². The number of nitrogens with two attached hydrogens (primary N) is 1. The van der Waals surface area contributed by atoms with Crippen LogP contribution in [0.3, 0.4) is 0 Å². The molecule has 0 saturated carbocycles. The number of halogens is 3. The first-order valence-electron chi connectivity index (χ1n) is 4.47. The summed E-state index contributed by atoms with van der Waals surface area (Å²) in [5.74, 6) is -2.42. The third kappa shape index (κ3) is 3.67. The van der Waals surface area contributed by atoms with Gasteiger partial charge in [-0.15, -0.1) is 13.2 Å². The standard InChI is InChI=1S/C7H6F3N3O6S/c1-18-6-5(19-7(8,9)10)3(13(14)15)2-4(12-6)20(11,16)17/h2H,1H3,(H2,11,16,17). The van der Waals surface area contributed by atoms with Crippen molar-refractivity contribution in [3.8, 4) is 11.6 Å². The van der Waals surface area contributed by atoms with Gasteiger partial charge in [0.1, 0.15) is 0 Å². The fourth-order valence-electron chi connectivity index (χ4n) is 1.11. The van der Waals surface area contributed by atoms with Crippen LogP contribution in [-0.4, -0.2) is 31.8 Å². The number of primary sulfonamides is 1. The molecule has 9 nitrogen and oxygen atoms in total. The minimum absolute atomic E-state index is 0.235. The van der Waals surface area contributed by atoms with Crippen molar-refractivity contribution in [3.63, 3.8) is 0 Å². The molecule has 1 heterocycles. The maximum atomic E-state index is 12.2. The lowest BCUT2D eigenvalue weighted by Gasteiger charge is -2.12. The van der Waals surface area contributed by atoms with Crippen molar-refractivity contribution in [2.45, 2.75) is 11.4 Å². The van der Waals surface area contributed by atoms with Crippen LogP contribution in [0.15, 0.2) is 11.1 Å². The molecule has 0 amide bonds. The second-order valence-corrected chi connectivity index (χ2v) is 4.68. The highest BCUT2D eigenvalue weighted by Crippen LogP contribution is 2.39. The molecule has 20 heavy (non-hydrogen) atoms. The molecule has 0 fully saturated rings. The minimum Gasteiger partial charge on any atom is -0.478 e. The third-order valence-corrected chi connectivity index (χ3v) is 2.59. The number of sulfonamides is 1. The number of ether oxygens (including phenoxy) is 2. The highest BCUT2D eigenvalue weighted by molar-refractivity contribution is 7.89. The molecule has 0 aliphatic carbocycles. The number of hydrogen-bond acceptors (Lipinski definition) is 7. The van der Waals surface area contributed by atoms with Gasteiger partial charge in [0.05, 0.1) is 18.1 Å². The van der Waals surface area contributed by atoms with Crippen molar-refractivity contribution >= 4 is 15.7 Å². The van der Waals surface area contributed by atoms with Gasteiger partial charge in [0.2, 0.25) is 0 Å². The van der Waals surface area contributed by atoms with Gasteiger partial charge in [0.15, 0.2) is 5.03 Å². The summed E-state index contributed by atoms with van der Waals surface area (Å²) < 4.78 is 66.4. The molecule has 0 radical (unpaired) electrons. The van der Waals surface area contributed by atoms with E-state index in [1.165, 1.54) is 0 Å². The number of alkyl halides is 3. The van der Waals surface area contributed by atoms with E-state index in [2.05, 4.69) is 14.5 Å². The van der Waals surface area contributed by atoms with E-state index in [1.54, 1.807) is 0 Å². The van der Waals surface area contributed by atoms with Crippen molar-refractivity contribution in [1.82, 2.24) is 4.98 Å². The zero-order valence-electron chi connectivity index (χ0n) is 9.54. The Bertz CT molecular complexity index is 644. The lowest BCUT2D eigenvalue weighted by molar-refractivity contribution is -0.389. The molecule has 0 aromatic carbocycles. The van der Waals surface area contributed by atoms with E-state index >= 15 is 0 Å². The fourth-order valence-corrected chi connectivity index (χ4v) is 1.59. The Labute approximate surface area is 109 Å². The van der Waals surface area contributed by atoms with Gasteiger partial charge < -0.3 is 9.47 Å². The average Bonchev–Trinajstić information content (AvgIpc) is 2.25.